The Balaban J connectivity index is 1.34. The van der Waals surface area contributed by atoms with E-state index in [1.54, 1.807) is 28.6 Å². The van der Waals surface area contributed by atoms with Gasteiger partial charge in [0.1, 0.15) is 5.82 Å². The van der Waals surface area contributed by atoms with Gasteiger partial charge in [-0.2, -0.15) is 4.31 Å². The number of carbonyl (C=O) groups is 1. The number of rotatable bonds is 7. The average molecular weight is 579 g/mol. The Morgan fingerprint density at radius 1 is 1.23 bits per heavy atom. The number of halogens is 2. The Morgan fingerprint density at radius 2 is 1.97 bits per heavy atom. The van der Waals surface area contributed by atoms with E-state index in [1.165, 1.54) is 6.07 Å². The van der Waals surface area contributed by atoms with Crippen LogP contribution in [0.25, 0.3) is 0 Å². The Labute approximate surface area is 234 Å². The van der Waals surface area contributed by atoms with Crippen LogP contribution in [0, 0.1) is 5.82 Å². The molecule has 0 aromatic heterocycles. The van der Waals surface area contributed by atoms with Gasteiger partial charge in [-0.25, -0.2) is 12.8 Å². The zero-order valence-corrected chi connectivity index (χ0v) is 23.4. The average Bonchev–Trinajstić information content (AvgIpc) is 3.04. The summed E-state index contributed by atoms with van der Waals surface area (Å²) in [4.78, 5) is 13.6. The van der Waals surface area contributed by atoms with Crippen molar-refractivity contribution in [2.24, 2.45) is 5.73 Å². The van der Waals surface area contributed by atoms with Crippen molar-refractivity contribution < 1.29 is 22.3 Å². The molecule has 212 valence electrons. The van der Waals surface area contributed by atoms with Crippen LogP contribution in [0.4, 0.5) is 10.1 Å². The monoisotopic (exact) mass is 578 g/mol. The van der Waals surface area contributed by atoms with Gasteiger partial charge in [-0.05, 0) is 68.4 Å². The number of fused-ring (bicyclic) bond motifs is 2. The molecule has 3 unspecified atom stereocenters. The number of benzene rings is 2. The fourth-order valence-electron chi connectivity index (χ4n) is 6.24. The molecule has 5 rings (SSSR count). The molecule has 3 fully saturated rings. The molecule has 11 heteroatoms. The fraction of sp³-hybridized carbons (Fsp3) is 0.536. The third-order valence-electron chi connectivity index (χ3n) is 8.55. The van der Waals surface area contributed by atoms with Crippen LogP contribution in [0.5, 0.6) is 0 Å². The minimum atomic E-state index is -3.35. The summed E-state index contributed by atoms with van der Waals surface area (Å²) in [5, 5.41) is 6.94. The first kappa shape index (κ1) is 28.4. The number of carbonyl (C=O) groups excluding carboxylic acids is 1. The second kappa shape index (κ2) is 11.8. The summed E-state index contributed by atoms with van der Waals surface area (Å²) in [6.07, 6.45) is 3.31. The molecule has 2 bridgehead atoms. The van der Waals surface area contributed by atoms with Crippen LogP contribution < -0.4 is 16.4 Å². The lowest BCUT2D eigenvalue weighted by Gasteiger charge is -2.41. The molecule has 3 saturated heterocycles. The maximum Gasteiger partial charge on any atom is 0.242 e. The second-order valence-electron chi connectivity index (χ2n) is 10.8. The lowest BCUT2D eigenvalue weighted by molar-refractivity contribution is -0.120. The second-order valence-corrected chi connectivity index (χ2v) is 13.3. The predicted octanol–water partition coefficient (Wildman–Crippen LogP) is 3.19. The van der Waals surface area contributed by atoms with Crippen LogP contribution in [0.3, 0.4) is 0 Å². The highest BCUT2D eigenvalue weighted by atomic mass is 35.5. The standard InChI is InChI=1S/C28H36ClFN4O4S/c29-20-8-6-19(7-9-20)28(12-14-38-15-13-28)26(31)27(35)33-25-5-1-4-24(30)23(25)11-10-22-17-32-21-3-2-16-39(36,37)34(22)18-21/h1,4-9,21-22,26,32H,2-3,10-18,31H2,(H,33,35)/t21?,22-,26?/m0/s1. The molecular formula is C28H36ClFN4O4S. The van der Waals surface area contributed by atoms with Crippen molar-refractivity contribution in [1.29, 1.82) is 0 Å². The van der Waals surface area contributed by atoms with Crippen molar-refractivity contribution in [3.63, 3.8) is 0 Å². The quantitative estimate of drug-likeness (QED) is 0.465. The van der Waals surface area contributed by atoms with E-state index < -0.39 is 33.2 Å². The maximum atomic E-state index is 15.1. The molecule has 2 aromatic carbocycles. The van der Waals surface area contributed by atoms with E-state index in [-0.39, 0.29) is 24.3 Å². The smallest absolute Gasteiger partial charge is 0.242 e. The maximum absolute atomic E-state index is 15.1. The summed E-state index contributed by atoms with van der Waals surface area (Å²) in [6, 6.07) is 10.9. The molecule has 4 N–H and O–H groups in total. The highest BCUT2D eigenvalue weighted by Crippen LogP contribution is 2.38. The summed E-state index contributed by atoms with van der Waals surface area (Å²) < 4.78 is 48.0. The summed E-state index contributed by atoms with van der Waals surface area (Å²) in [5.41, 5.74) is 7.62. The summed E-state index contributed by atoms with van der Waals surface area (Å²) in [6.45, 7) is 1.92. The highest BCUT2D eigenvalue weighted by molar-refractivity contribution is 7.89. The van der Waals surface area contributed by atoms with Crippen LogP contribution in [0.15, 0.2) is 42.5 Å². The Kier molecular flexibility index (Phi) is 8.61. The van der Waals surface area contributed by atoms with Gasteiger partial charge in [0.05, 0.1) is 11.8 Å². The summed E-state index contributed by atoms with van der Waals surface area (Å²) in [7, 11) is -3.35. The molecule has 0 radical (unpaired) electrons. The van der Waals surface area contributed by atoms with Gasteiger partial charge in [0.25, 0.3) is 0 Å². The molecule has 3 aliphatic heterocycles. The number of hydrogen-bond acceptors (Lipinski definition) is 6. The van der Waals surface area contributed by atoms with Crippen LogP contribution in [0.1, 0.15) is 43.2 Å². The molecule has 0 aliphatic carbocycles. The molecular weight excluding hydrogens is 543 g/mol. The largest absolute Gasteiger partial charge is 0.381 e. The van der Waals surface area contributed by atoms with E-state index in [9.17, 15) is 13.2 Å². The van der Waals surface area contributed by atoms with Gasteiger partial charge in [0.15, 0.2) is 0 Å². The Bertz CT molecular complexity index is 1290. The van der Waals surface area contributed by atoms with Crippen LogP contribution in [0.2, 0.25) is 5.02 Å². The predicted molar refractivity (Wildman–Crippen MR) is 150 cm³/mol. The van der Waals surface area contributed by atoms with Crippen LogP contribution >= 0.6 is 11.6 Å². The number of piperazine rings is 1. The van der Waals surface area contributed by atoms with E-state index >= 15 is 4.39 Å². The highest BCUT2D eigenvalue weighted by Gasteiger charge is 2.44. The fourth-order valence-corrected chi connectivity index (χ4v) is 8.18. The number of nitrogens with two attached hydrogens (primary N) is 1. The molecule has 0 saturated carbocycles. The number of amides is 1. The lowest BCUT2D eigenvalue weighted by Crippen LogP contribution is -2.57. The molecule has 2 aromatic rings. The van der Waals surface area contributed by atoms with Crippen molar-refractivity contribution in [3.05, 3.63) is 64.4 Å². The third-order valence-corrected chi connectivity index (χ3v) is 10.8. The number of nitrogens with one attached hydrogen (secondary N) is 2. The van der Waals surface area contributed by atoms with E-state index in [4.69, 9.17) is 22.1 Å². The molecule has 0 spiro atoms. The van der Waals surface area contributed by atoms with E-state index in [2.05, 4.69) is 10.6 Å². The first-order chi connectivity index (χ1) is 18.7. The van der Waals surface area contributed by atoms with Crippen LogP contribution in [-0.2, 0) is 31.4 Å². The van der Waals surface area contributed by atoms with Crippen molar-refractivity contribution in [3.8, 4) is 0 Å². The van der Waals surface area contributed by atoms with E-state index in [0.717, 1.165) is 12.0 Å². The lowest BCUT2D eigenvalue weighted by atomic mass is 9.68. The van der Waals surface area contributed by atoms with E-state index in [0.29, 0.717) is 68.3 Å². The zero-order chi connectivity index (χ0) is 27.6. The van der Waals surface area contributed by atoms with Gasteiger partial charge in [-0.15, -0.1) is 0 Å². The van der Waals surface area contributed by atoms with Gasteiger partial charge in [-0.3, -0.25) is 4.79 Å². The molecule has 4 atom stereocenters. The molecule has 39 heavy (non-hydrogen) atoms. The molecule has 3 aliphatic rings. The number of anilines is 1. The molecule has 8 nitrogen and oxygen atoms in total. The minimum absolute atomic E-state index is 0.140. The number of nitrogens with zero attached hydrogens (tertiary/aromatic N) is 1. The Morgan fingerprint density at radius 3 is 2.72 bits per heavy atom. The topological polar surface area (TPSA) is 114 Å². The van der Waals surface area contributed by atoms with Gasteiger partial charge in [0.2, 0.25) is 15.9 Å². The Hall–Kier alpha value is -2.08. The van der Waals surface area contributed by atoms with Gasteiger partial charge in [0, 0.05) is 60.1 Å². The van der Waals surface area contributed by atoms with E-state index in [1.807, 2.05) is 12.1 Å². The number of hydrogen-bond donors (Lipinski definition) is 3. The van der Waals surface area contributed by atoms with Gasteiger partial charge in [-0.1, -0.05) is 29.8 Å². The summed E-state index contributed by atoms with van der Waals surface area (Å²) >= 11 is 6.10. The van der Waals surface area contributed by atoms with Gasteiger partial charge < -0.3 is 21.1 Å². The molecule has 3 heterocycles. The first-order valence-electron chi connectivity index (χ1n) is 13.6. The number of ether oxygens (including phenoxy) is 1. The van der Waals surface area contributed by atoms with Crippen molar-refractivity contribution in [2.75, 3.05) is 37.4 Å². The van der Waals surface area contributed by atoms with Crippen LogP contribution in [-0.4, -0.2) is 68.8 Å². The minimum Gasteiger partial charge on any atom is -0.381 e. The first-order valence-corrected chi connectivity index (χ1v) is 15.6. The van der Waals surface area contributed by atoms with Crippen molar-refractivity contribution in [2.45, 2.75) is 62.1 Å². The SMILES string of the molecule is NC(C(=O)Nc1cccc(F)c1CC[C@H]1CNC2CCCS(=O)(=O)N1C2)C1(c2ccc(Cl)cc2)CCOCC1. The zero-order valence-electron chi connectivity index (χ0n) is 21.9. The van der Waals surface area contributed by atoms with Crippen molar-refractivity contribution >= 4 is 33.2 Å². The summed E-state index contributed by atoms with van der Waals surface area (Å²) in [5.74, 6) is -0.711. The normalized spacial score (nSPS) is 26.8. The third kappa shape index (κ3) is 6.01. The molecule has 1 amide bonds. The van der Waals surface area contributed by atoms with Crippen molar-refractivity contribution in [1.82, 2.24) is 9.62 Å². The number of sulfonamides is 1. The van der Waals surface area contributed by atoms with Gasteiger partial charge >= 0.3 is 0 Å².